The topological polar surface area (TPSA) is 49.8 Å². The van der Waals surface area contributed by atoms with Gasteiger partial charge in [-0.25, -0.2) is 4.98 Å². The third-order valence-electron chi connectivity index (χ3n) is 3.77. The highest BCUT2D eigenvalue weighted by molar-refractivity contribution is 5.79. The van der Waals surface area contributed by atoms with Gasteiger partial charge in [0.15, 0.2) is 5.96 Å². The van der Waals surface area contributed by atoms with Crippen LogP contribution in [0.2, 0.25) is 0 Å². The molecule has 1 aliphatic rings. The molecular weight excluding hydrogens is 276 g/mol. The minimum absolute atomic E-state index is 0.149. The summed E-state index contributed by atoms with van der Waals surface area (Å²) in [5, 5.41) is 3.43. The summed E-state index contributed by atoms with van der Waals surface area (Å²) in [7, 11) is 1.85. The van der Waals surface area contributed by atoms with Crippen molar-refractivity contribution in [1.29, 1.82) is 0 Å². The van der Waals surface area contributed by atoms with Gasteiger partial charge in [0.2, 0.25) is 5.88 Å². The van der Waals surface area contributed by atoms with Crippen LogP contribution in [0.4, 0.5) is 0 Å². The van der Waals surface area contributed by atoms with Crippen LogP contribution in [0.15, 0.2) is 23.3 Å². The van der Waals surface area contributed by atoms with E-state index >= 15 is 0 Å². The van der Waals surface area contributed by atoms with Gasteiger partial charge in [-0.3, -0.25) is 4.99 Å². The van der Waals surface area contributed by atoms with Gasteiger partial charge in [0.25, 0.3) is 0 Å². The van der Waals surface area contributed by atoms with Crippen LogP contribution in [0.3, 0.4) is 0 Å². The zero-order valence-electron chi connectivity index (χ0n) is 14.2. The van der Waals surface area contributed by atoms with Crippen molar-refractivity contribution in [2.24, 2.45) is 10.9 Å². The van der Waals surface area contributed by atoms with Crippen molar-refractivity contribution >= 4 is 5.96 Å². The van der Waals surface area contributed by atoms with Crippen LogP contribution in [0.5, 0.6) is 5.88 Å². The molecule has 22 heavy (non-hydrogen) atoms. The molecule has 2 heterocycles. The Hall–Kier alpha value is -1.78. The van der Waals surface area contributed by atoms with Crippen LogP contribution in [0.1, 0.15) is 39.2 Å². The standard InChI is InChI=1S/C17H28N4O/c1-13(2)22-16-8-7-15(10-19-16)11-20-17(18-4)21-9-5-6-14(3)12-21/h7-8,10,13-14H,5-6,9,11-12H2,1-4H3,(H,18,20). The zero-order valence-corrected chi connectivity index (χ0v) is 14.2. The Labute approximate surface area is 133 Å². The number of piperidine rings is 1. The van der Waals surface area contributed by atoms with Crippen molar-refractivity contribution in [2.75, 3.05) is 20.1 Å². The second-order valence-corrected chi connectivity index (χ2v) is 6.27. The normalized spacial score (nSPS) is 19.4. The van der Waals surface area contributed by atoms with Gasteiger partial charge in [-0.1, -0.05) is 13.0 Å². The molecule has 0 aliphatic carbocycles. The van der Waals surface area contributed by atoms with Crippen molar-refractivity contribution in [3.8, 4) is 5.88 Å². The minimum atomic E-state index is 0.149. The Morgan fingerprint density at radius 3 is 2.91 bits per heavy atom. The molecule has 1 fully saturated rings. The van der Waals surface area contributed by atoms with Crippen molar-refractivity contribution < 1.29 is 4.74 Å². The van der Waals surface area contributed by atoms with Crippen molar-refractivity contribution in [3.63, 3.8) is 0 Å². The van der Waals surface area contributed by atoms with E-state index in [4.69, 9.17) is 4.74 Å². The molecular formula is C17H28N4O. The maximum atomic E-state index is 5.56. The summed E-state index contributed by atoms with van der Waals surface area (Å²) in [5.41, 5.74) is 1.13. The first-order chi connectivity index (χ1) is 10.6. The van der Waals surface area contributed by atoms with Gasteiger partial charge in [-0.2, -0.15) is 0 Å². The lowest BCUT2D eigenvalue weighted by atomic mass is 10.0. The van der Waals surface area contributed by atoms with Gasteiger partial charge >= 0.3 is 0 Å². The van der Waals surface area contributed by atoms with Crippen molar-refractivity contribution in [3.05, 3.63) is 23.9 Å². The van der Waals surface area contributed by atoms with Gasteiger partial charge in [0, 0.05) is 38.9 Å². The lowest BCUT2D eigenvalue weighted by molar-refractivity contribution is 0.232. The van der Waals surface area contributed by atoms with E-state index in [1.807, 2.05) is 39.2 Å². The Morgan fingerprint density at radius 2 is 2.32 bits per heavy atom. The first-order valence-electron chi connectivity index (χ1n) is 8.15. The molecule has 1 aliphatic heterocycles. The number of guanidine groups is 1. The molecule has 0 saturated carbocycles. The Balaban J connectivity index is 1.87. The average molecular weight is 304 g/mol. The monoisotopic (exact) mass is 304 g/mol. The average Bonchev–Trinajstić information content (AvgIpc) is 2.49. The number of pyridine rings is 1. The molecule has 5 nitrogen and oxygen atoms in total. The number of hydrogen-bond donors (Lipinski definition) is 1. The van der Waals surface area contributed by atoms with E-state index in [0.29, 0.717) is 5.88 Å². The molecule has 0 spiro atoms. The molecule has 1 N–H and O–H groups in total. The predicted molar refractivity (Wildman–Crippen MR) is 90.2 cm³/mol. The van der Waals surface area contributed by atoms with Crippen molar-refractivity contribution in [2.45, 2.75) is 46.3 Å². The van der Waals surface area contributed by atoms with Crippen LogP contribution < -0.4 is 10.1 Å². The molecule has 5 heteroatoms. The highest BCUT2D eigenvalue weighted by Crippen LogP contribution is 2.15. The first-order valence-corrected chi connectivity index (χ1v) is 8.15. The minimum Gasteiger partial charge on any atom is -0.475 e. The molecule has 1 atom stereocenters. The molecule has 1 aromatic heterocycles. The molecule has 1 unspecified atom stereocenters. The van der Waals surface area contributed by atoms with E-state index in [2.05, 4.69) is 27.1 Å². The fourth-order valence-corrected chi connectivity index (χ4v) is 2.72. The number of ether oxygens (including phenoxy) is 1. The summed E-state index contributed by atoms with van der Waals surface area (Å²) in [6, 6.07) is 3.96. The number of aromatic nitrogens is 1. The summed E-state index contributed by atoms with van der Waals surface area (Å²) >= 11 is 0. The van der Waals surface area contributed by atoms with Gasteiger partial charge < -0.3 is 15.0 Å². The molecule has 2 rings (SSSR count). The van der Waals surface area contributed by atoms with Crippen LogP contribution >= 0.6 is 0 Å². The fourth-order valence-electron chi connectivity index (χ4n) is 2.72. The third kappa shape index (κ3) is 4.90. The number of hydrogen-bond acceptors (Lipinski definition) is 3. The summed E-state index contributed by atoms with van der Waals surface area (Å²) in [5.74, 6) is 2.39. The maximum Gasteiger partial charge on any atom is 0.213 e. The molecule has 1 saturated heterocycles. The van der Waals surface area contributed by atoms with Gasteiger partial charge in [0.05, 0.1) is 6.10 Å². The predicted octanol–water partition coefficient (Wildman–Crippen LogP) is 2.68. The molecule has 122 valence electrons. The zero-order chi connectivity index (χ0) is 15.9. The summed E-state index contributed by atoms with van der Waals surface area (Å²) < 4.78 is 5.56. The Morgan fingerprint density at radius 1 is 1.50 bits per heavy atom. The van der Waals surface area contributed by atoms with Crippen LogP contribution in [0, 0.1) is 5.92 Å². The van der Waals surface area contributed by atoms with Gasteiger partial charge in [0.1, 0.15) is 0 Å². The van der Waals surface area contributed by atoms with E-state index in [1.54, 1.807) is 0 Å². The van der Waals surface area contributed by atoms with E-state index in [1.165, 1.54) is 12.8 Å². The Kier molecular flexibility index (Phi) is 6.04. The van der Waals surface area contributed by atoms with Gasteiger partial charge in [-0.15, -0.1) is 0 Å². The number of rotatable bonds is 4. The van der Waals surface area contributed by atoms with E-state index in [9.17, 15) is 0 Å². The second kappa shape index (κ2) is 8.01. The summed E-state index contributed by atoms with van der Waals surface area (Å²) in [4.78, 5) is 11.1. The van der Waals surface area contributed by atoms with E-state index in [-0.39, 0.29) is 6.10 Å². The molecule has 0 amide bonds. The Bertz CT molecular complexity index is 484. The molecule has 0 bridgehead atoms. The smallest absolute Gasteiger partial charge is 0.213 e. The van der Waals surface area contributed by atoms with E-state index < -0.39 is 0 Å². The second-order valence-electron chi connectivity index (χ2n) is 6.27. The summed E-state index contributed by atoms with van der Waals surface area (Å²) in [6.07, 6.45) is 4.56. The quantitative estimate of drug-likeness (QED) is 0.686. The highest BCUT2D eigenvalue weighted by atomic mass is 16.5. The van der Waals surface area contributed by atoms with Crippen LogP contribution in [-0.4, -0.2) is 42.1 Å². The lowest BCUT2D eigenvalue weighted by Gasteiger charge is -2.33. The van der Waals surface area contributed by atoms with Crippen LogP contribution in [-0.2, 0) is 6.54 Å². The number of aliphatic imine (C=N–C) groups is 1. The first kappa shape index (κ1) is 16.6. The third-order valence-corrected chi connectivity index (χ3v) is 3.77. The summed E-state index contributed by atoms with van der Waals surface area (Å²) in [6.45, 7) is 9.20. The molecule has 1 aromatic rings. The fraction of sp³-hybridized carbons (Fsp3) is 0.647. The number of nitrogens with one attached hydrogen (secondary N) is 1. The highest BCUT2D eigenvalue weighted by Gasteiger charge is 2.18. The van der Waals surface area contributed by atoms with Gasteiger partial charge in [-0.05, 0) is 38.2 Å². The number of nitrogens with zero attached hydrogens (tertiary/aromatic N) is 3. The number of likely N-dealkylation sites (tertiary alicyclic amines) is 1. The van der Waals surface area contributed by atoms with E-state index in [0.717, 1.165) is 37.1 Å². The lowest BCUT2D eigenvalue weighted by Crippen LogP contribution is -2.45. The van der Waals surface area contributed by atoms with Crippen molar-refractivity contribution in [1.82, 2.24) is 15.2 Å². The maximum absolute atomic E-state index is 5.56. The SMILES string of the molecule is CN=C(NCc1ccc(OC(C)C)nc1)N1CCCC(C)C1. The van der Waals surface area contributed by atoms with Crippen LogP contribution in [0.25, 0.3) is 0 Å². The molecule has 0 aromatic carbocycles. The largest absolute Gasteiger partial charge is 0.475 e. The molecule has 0 radical (unpaired) electrons.